The topological polar surface area (TPSA) is 67.0 Å². The SMILES string of the molecule is CC(C)(C)C(C)(C)c1cc(NC(=O)OCC(Cl)(Cl)Cl)n[nH]1. The van der Waals surface area contributed by atoms with Gasteiger partial charge in [-0.3, -0.25) is 10.4 Å². The van der Waals surface area contributed by atoms with Crippen molar-refractivity contribution in [3.8, 4) is 0 Å². The molecule has 120 valence electrons. The highest BCUT2D eigenvalue weighted by Gasteiger charge is 2.36. The number of nitrogens with zero attached hydrogens (tertiary/aromatic N) is 1. The van der Waals surface area contributed by atoms with Gasteiger partial charge in [-0.1, -0.05) is 69.4 Å². The van der Waals surface area contributed by atoms with Gasteiger partial charge in [0.25, 0.3) is 0 Å². The van der Waals surface area contributed by atoms with Gasteiger partial charge in [-0.25, -0.2) is 4.79 Å². The molecule has 0 spiro atoms. The highest BCUT2D eigenvalue weighted by Crippen LogP contribution is 2.40. The van der Waals surface area contributed by atoms with Gasteiger partial charge in [0, 0.05) is 17.2 Å². The predicted octanol–water partition coefficient (Wildman–Crippen LogP) is 4.65. The summed E-state index contributed by atoms with van der Waals surface area (Å²) in [6, 6.07) is 1.77. The molecule has 0 saturated heterocycles. The molecule has 0 aromatic carbocycles. The Bertz CT molecular complexity index is 501. The van der Waals surface area contributed by atoms with Gasteiger partial charge in [0.05, 0.1) is 0 Å². The Labute approximate surface area is 139 Å². The number of hydrogen-bond acceptors (Lipinski definition) is 3. The summed E-state index contributed by atoms with van der Waals surface area (Å²) in [5, 5.41) is 9.46. The van der Waals surface area contributed by atoms with E-state index in [2.05, 4.69) is 50.1 Å². The normalized spacial score (nSPS) is 13.1. The molecule has 0 unspecified atom stereocenters. The summed E-state index contributed by atoms with van der Waals surface area (Å²) in [7, 11) is 0. The number of carbonyl (C=O) groups excluding carboxylic acids is 1. The highest BCUT2D eigenvalue weighted by molar-refractivity contribution is 6.67. The van der Waals surface area contributed by atoms with E-state index in [1.807, 2.05) is 0 Å². The molecule has 8 heteroatoms. The van der Waals surface area contributed by atoms with Gasteiger partial charge in [0.2, 0.25) is 3.79 Å². The Morgan fingerprint density at radius 1 is 1.29 bits per heavy atom. The number of H-pyrrole nitrogens is 1. The average molecular weight is 357 g/mol. The van der Waals surface area contributed by atoms with Crippen molar-refractivity contribution in [1.82, 2.24) is 10.2 Å². The van der Waals surface area contributed by atoms with Gasteiger partial charge in [0.1, 0.15) is 6.61 Å². The average Bonchev–Trinajstić information content (AvgIpc) is 2.73. The van der Waals surface area contributed by atoms with Crippen molar-refractivity contribution in [2.75, 3.05) is 11.9 Å². The summed E-state index contributed by atoms with van der Waals surface area (Å²) in [5.74, 6) is 0.358. The lowest BCUT2D eigenvalue weighted by Gasteiger charge is -2.37. The van der Waals surface area contributed by atoms with E-state index in [4.69, 9.17) is 39.5 Å². The number of amides is 1. The Morgan fingerprint density at radius 2 is 1.86 bits per heavy atom. The van der Waals surface area contributed by atoms with Crippen LogP contribution in [0.15, 0.2) is 6.07 Å². The molecule has 0 radical (unpaired) electrons. The molecule has 0 bridgehead atoms. The van der Waals surface area contributed by atoms with Crippen LogP contribution in [0.1, 0.15) is 40.3 Å². The third-order valence-corrected chi connectivity index (χ3v) is 4.05. The number of aromatic nitrogens is 2. The third kappa shape index (κ3) is 5.24. The van der Waals surface area contributed by atoms with E-state index in [-0.39, 0.29) is 17.4 Å². The van der Waals surface area contributed by atoms with Gasteiger partial charge in [0.15, 0.2) is 5.82 Å². The van der Waals surface area contributed by atoms with Crippen LogP contribution in [0, 0.1) is 5.41 Å². The van der Waals surface area contributed by atoms with Crippen LogP contribution in [0.4, 0.5) is 10.6 Å². The number of nitrogens with one attached hydrogen (secondary N) is 2. The minimum atomic E-state index is -1.64. The molecule has 2 N–H and O–H groups in total. The molecular formula is C13H20Cl3N3O2. The largest absolute Gasteiger partial charge is 0.445 e. The van der Waals surface area contributed by atoms with Crippen LogP contribution < -0.4 is 5.32 Å². The smallest absolute Gasteiger partial charge is 0.413 e. The zero-order valence-electron chi connectivity index (χ0n) is 12.7. The van der Waals surface area contributed by atoms with Gasteiger partial charge < -0.3 is 4.74 Å². The molecular weight excluding hydrogens is 337 g/mol. The van der Waals surface area contributed by atoms with Crippen LogP contribution in [0.5, 0.6) is 0 Å². The van der Waals surface area contributed by atoms with Crippen LogP contribution in [-0.2, 0) is 10.2 Å². The van der Waals surface area contributed by atoms with E-state index in [1.54, 1.807) is 6.07 Å². The number of hydrogen-bond donors (Lipinski definition) is 2. The van der Waals surface area contributed by atoms with E-state index >= 15 is 0 Å². The van der Waals surface area contributed by atoms with E-state index in [1.165, 1.54) is 0 Å². The molecule has 1 aromatic rings. The molecule has 5 nitrogen and oxygen atoms in total. The molecule has 1 amide bonds. The van der Waals surface area contributed by atoms with E-state index in [0.29, 0.717) is 5.82 Å². The highest BCUT2D eigenvalue weighted by atomic mass is 35.6. The molecule has 1 rings (SSSR count). The van der Waals surface area contributed by atoms with Gasteiger partial charge >= 0.3 is 6.09 Å². The molecule has 0 aliphatic heterocycles. The first-order valence-corrected chi connectivity index (χ1v) is 7.53. The number of halogens is 3. The predicted molar refractivity (Wildman–Crippen MR) is 86.3 cm³/mol. The minimum absolute atomic E-state index is 0.0206. The fraction of sp³-hybridized carbons (Fsp3) is 0.692. The van der Waals surface area contributed by atoms with Crippen LogP contribution in [0.2, 0.25) is 0 Å². The Hall–Kier alpha value is -0.650. The zero-order chi connectivity index (χ0) is 16.5. The van der Waals surface area contributed by atoms with Crippen molar-refractivity contribution in [1.29, 1.82) is 0 Å². The number of aromatic amines is 1. The standard InChI is InChI=1S/C13H20Cl3N3O2/c1-11(2,3)12(4,5)8-6-9(19-18-8)17-10(20)21-7-13(14,15)16/h6H,7H2,1-5H3,(H2,17,18,19,20). The van der Waals surface area contributed by atoms with Gasteiger partial charge in [-0.2, -0.15) is 5.10 Å². The Balaban J connectivity index is 2.71. The lowest BCUT2D eigenvalue weighted by atomic mass is 9.67. The molecule has 0 saturated carbocycles. The maximum atomic E-state index is 11.6. The number of alkyl halides is 3. The quantitative estimate of drug-likeness (QED) is 0.774. The summed E-state index contributed by atoms with van der Waals surface area (Å²) >= 11 is 16.5. The number of rotatable bonds is 3. The van der Waals surface area contributed by atoms with Crippen LogP contribution in [0.3, 0.4) is 0 Å². The van der Waals surface area contributed by atoms with Gasteiger partial charge in [-0.05, 0) is 5.41 Å². The van der Waals surface area contributed by atoms with E-state index in [0.717, 1.165) is 5.69 Å². The molecule has 1 heterocycles. The monoisotopic (exact) mass is 355 g/mol. The van der Waals surface area contributed by atoms with Crippen molar-refractivity contribution in [2.24, 2.45) is 5.41 Å². The lowest BCUT2D eigenvalue weighted by molar-refractivity contribution is 0.164. The molecule has 1 aromatic heterocycles. The Morgan fingerprint density at radius 3 is 2.33 bits per heavy atom. The first-order chi connectivity index (χ1) is 9.33. The van der Waals surface area contributed by atoms with E-state index in [9.17, 15) is 4.79 Å². The minimum Gasteiger partial charge on any atom is -0.445 e. The summed E-state index contributed by atoms with van der Waals surface area (Å²) in [4.78, 5) is 11.6. The maximum absolute atomic E-state index is 11.6. The first-order valence-electron chi connectivity index (χ1n) is 6.39. The number of ether oxygens (including phenoxy) is 1. The molecule has 0 aliphatic rings. The Kier molecular flexibility index (Phi) is 5.45. The van der Waals surface area contributed by atoms with Crippen molar-refractivity contribution >= 4 is 46.7 Å². The van der Waals surface area contributed by atoms with Crippen LogP contribution in [0.25, 0.3) is 0 Å². The maximum Gasteiger partial charge on any atom is 0.413 e. The number of anilines is 1. The number of carbonyl (C=O) groups is 1. The summed E-state index contributed by atoms with van der Waals surface area (Å²) in [5.41, 5.74) is 0.778. The van der Waals surface area contributed by atoms with Crippen LogP contribution in [-0.4, -0.2) is 26.7 Å². The second-order valence-electron chi connectivity index (χ2n) is 6.36. The molecule has 0 fully saturated rings. The molecule has 0 aliphatic carbocycles. The second kappa shape index (κ2) is 6.23. The van der Waals surface area contributed by atoms with Crippen molar-refractivity contribution < 1.29 is 9.53 Å². The summed E-state index contributed by atoms with van der Waals surface area (Å²) in [6.45, 7) is 10.3. The molecule has 0 atom stereocenters. The van der Waals surface area contributed by atoms with Crippen molar-refractivity contribution in [3.05, 3.63) is 11.8 Å². The fourth-order valence-corrected chi connectivity index (χ4v) is 1.56. The second-order valence-corrected chi connectivity index (χ2v) is 8.87. The van der Waals surface area contributed by atoms with Crippen molar-refractivity contribution in [3.63, 3.8) is 0 Å². The fourth-order valence-electron chi connectivity index (χ4n) is 1.40. The summed E-state index contributed by atoms with van der Waals surface area (Å²) in [6.07, 6.45) is -0.729. The van der Waals surface area contributed by atoms with E-state index < -0.39 is 9.89 Å². The van der Waals surface area contributed by atoms with Crippen LogP contribution >= 0.6 is 34.8 Å². The molecule has 21 heavy (non-hydrogen) atoms. The lowest BCUT2D eigenvalue weighted by Crippen LogP contribution is -2.34. The van der Waals surface area contributed by atoms with Crippen molar-refractivity contribution in [2.45, 2.75) is 43.8 Å². The zero-order valence-corrected chi connectivity index (χ0v) is 14.9. The third-order valence-electron chi connectivity index (χ3n) is 3.72. The first kappa shape index (κ1) is 18.4. The van der Waals surface area contributed by atoms with Gasteiger partial charge in [-0.15, -0.1) is 0 Å². The summed E-state index contributed by atoms with van der Waals surface area (Å²) < 4.78 is 3.14.